The minimum atomic E-state index is -4.83. The van der Waals surface area contributed by atoms with E-state index in [-0.39, 0.29) is 12.2 Å². The molecule has 1 aromatic carbocycles. The molecular formula is C10H9F3O2. The van der Waals surface area contributed by atoms with Crippen LogP contribution >= 0.6 is 0 Å². The molecule has 0 unspecified atom stereocenters. The molecule has 0 saturated heterocycles. The maximum absolute atomic E-state index is 12.0. The highest BCUT2D eigenvalue weighted by Gasteiger charge is 2.38. The molecule has 1 rings (SSSR count). The predicted octanol–water partition coefficient (Wildman–Crippen LogP) is 1.97. The lowest BCUT2D eigenvalue weighted by Gasteiger charge is -2.05. The molecule has 5 heteroatoms. The van der Waals surface area contributed by atoms with Crippen LogP contribution in [0.25, 0.3) is 0 Å². The second-order valence-corrected chi connectivity index (χ2v) is 3.00. The van der Waals surface area contributed by atoms with Crippen LogP contribution in [0.3, 0.4) is 0 Å². The van der Waals surface area contributed by atoms with Crippen LogP contribution in [0.5, 0.6) is 0 Å². The van der Waals surface area contributed by atoms with Gasteiger partial charge in [0.05, 0.1) is 0 Å². The van der Waals surface area contributed by atoms with Crippen molar-refractivity contribution < 1.29 is 23.1 Å². The van der Waals surface area contributed by atoms with Gasteiger partial charge in [0.25, 0.3) is 5.78 Å². The summed E-state index contributed by atoms with van der Waals surface area (Å²) in [5.41, 5.74) is 0.306. The third kappa shape index (κ3) is 3.06. The van der Waals surface area contributed by atoms with E-state index in [1.165, 1.54) is 12.1 Å². The molecular weight excluding hydrogens is 209 g/mol. The van der Waals surface area contributed by atoms with Gasteiger partial charge in [-0.1, -0.05) is 24.3 Å². The van der Waals surface area contributed by atoms with Crippen molar-refractivity contribution >= 4 is 5.78 Å². The zero-order valence-corrected chi connectivity index (χ0v) is 7.71. The summed E-state index contributed by atoms with van der Waals surface area (Å²) in [5.74, 6) is -1.85. The van der Waals surface area contributed by atoms with E-state index in [1.54, 1.807) is 0 Å². The molecule has 0 aliphatic heterocycles. The molecule has 1 N–H and O–H groups in total. The van der Waals surface area contributed by atoms with Gasteiger partial charge in [0, 0.05) is 12.2 Å². The van der Waals surface area contributed by atoms with Crippen LogP contribution in [0.4, 0.5) is 13.2 Å². The first-order valence-corrected chi connectivity index (χ1v) is 4.26. The topological polar surface area (TPSA) is 37.3 Å². The third-order valence-electron chi connectivity index (χ3n) is 1.87. The van der Waals surface area contributed by atoms with Gasteiger partial charge in [0.15, 0.2) is 0 Å². The highest BCUT2D eigenvalue weighted by Crippen LogP contribution is 2.21. The number of hydrogen-bond acceptors (Lipinski definition) is 2. The van der Waals surface area contributed by atoms with Crippen LogP contribution in [0.2, 0.25) is 0 Å². The van der Waals surface area contributed by atoms with Gasteiger partial charge in [-0.3, -0.25) is 4.79 Å². The van der Waals surface area contributed by atoms with Gasteiger partial charge >= 0.3 is 6.18 Å². The molecule has 15 heavy (non-hydrogen) atoms. The minimum absolute atomic E-state index is 0.0768. The Bertz CT molecular complexity index is 341. The van der Waals surface area contributed by atoms with E-state index in [2.05, 4.69) is 0 Å². The van der Waals surface area contributed by atoms with Crippen molar-refractivity contribution in [2.75, 3.05) is 6.61 Å². The maximum Gasteiger partial charge on any atom is 0.454 e. The molecule has 0 fully saturated rings. The Kier molecular flexibility index (Phi) is 3.47. The van der Waals surface area contributed by atoms with Gasteiger partial charge in [-0.05, 0) is 12.0 Å². The Morgan fingerprint density at radius 1 is 1.20 bits per heavy atom. The molecule has 0 bridgehead atoms. The van der Waals surface area contributed by atoms with E-state index >= 15 is 0 Å². The van der Waals surface area contributed by atoms with Crippen molar-refractivity contribution in [1.82, 2.24) is 0 Å². The summed E-state index contributed by atoms with van der Waals surface area (Å²) >= 11 is 0. The number of ketones is 1. The van der Waals surface area contributed by atoms with Crippen LogP contribution in [0.15, 0.2) is 24.3 Å². The van der Waals surface area contributed by atoms with E-state index in [9.17, 15) is 18.0 Å². The smallest absolute Gasteiger partial charge is 0.396 e. The number of benzene rings is 1. The number of hydrogen-bond donors (Lipinski definition) is 1. The largest absolute Gasteiger partial charge is 0.454 e. The monoisotopic (exact) mass is 218 g/mol. The van der Waals surface area contributed by atoms with Gasteiger partial charge in [-0.15, -0.1) is 0 Å². The summed E-state index contributed by atoms with van der Waals surface area (Å²) in [5, 5.41) is 8.58. The molecule has 0 atom stereocenters. The Hall–Kier alpha value is -1.36. The summed E-state index contributed by atoms with van der Waals surface area (Å²) in [6, 6.07) is 5.02. The van der Waals surface area contributed by atoms with Crippen molar-refractivity contribution in [2.45, 2.75) is 12.6 Å². The first-order chi connectivity index (χ1) is 6.95. The number of halogens is 3. The molecule has 0 spiro atoms. The zero-order valence-electron chi connectivity index (χ0n) is 7.71. The van der Waals surface area contributed by atoms with Gasteiger partial charge in [-0.25, -0.2) is 0 Å². The lowest BCUT2D eigenvalue weighted by Crippen LogP contribution is -2.22. The molecule has 1 aromatic rings. The van der Waals surface area contributed by atoms with Crippen LogP contribution in [0, 0.1) is 0 Å². The molecule has 0 radical (unpaired) electrons. The second-order valence-electron chi connectivity index (χ2n) is 3.00. The van der Waals surface area contributed by atoms with Crippen molar-refractivity contribution in [3.8, 4) is 0 Å². The fourth-order valence-corrected chi connectivity index (χ4v) is 1.12. The summed E-state index contributed by atoms with van der Waals surface area (Å²) in [4.78, 5) is 10.8. The van der Waals surface area contributed by atoms with Gasteiger partial charge < -0.3 is 5.11 Å². The fourth-order valence-electron chi connectivity index (χ4n) is 1.12. The van der Waals surface area contributed by atoms with E-state index in [1.807, 2.05) is 0 Å². The number of alkyl halides is 3. The van der Waals surface area contributed by atoms with E-state index in [0.717, 1.165) is 12.1 Å². The first kappa shape index (κ1) is 11.7. The van der Waals surface area contributed by atoms with E-state index in [4.69, 9.17) is 5.11 Å². The molecule has 2 nitrogen and oxygen atoms in total. The number of carbonyl (C=O) groups excluding carboxylic acids is 1. The normalized spacial score (nSPS) is 11.5. The Morgan fingerprint density at radius 2 is 1.73 bits per heavy atom. The average molecular weight is 218 g/mol. The quantitative estimate of drug-likeness (QED) is 0.787. The summed E-state index contributed by atoms with van der Waals surface area (Å²) in [6.07, 6.45) is -4.47. The highest BCUT2D eigenvalue weighted by atomic mass is 19.4. The van der Waals surface area contributed by atoms with Crippen LogP contribution in [-0.4, -0.2) is 23.7 Å². The van der Waals surface area contributed by atoms with Crippen molar-refractivity contribution in [3.63, 3.8) is 0 Å². The Labute approximate surface area is 84.3 Å². The van der Waals surface area contributed by atoms with Gasteiger partial charge in [-0.2, -0.15) is 13.2 Å². The summed E-state index contributed by atoms with van der Waals surface area (Å²) in [7, 11) is 0. The van der Waals surface area contributed by atoms with Crippen LogP contribution < -0.4 is 0 Å². The van der Waals surface area contributed by atoms with Gasteiger partial charge in [0.1, 0.15) is 0 Å². The lowest BCUT2D eigenvalue weighted by molar-refractivity contribution is -0.0885. The summed E-state index contributed by atoms with van der Waals surface area (Å²) in [6.45, 7) is -0.0768. The third-order valence-corrected chi connectivity index (χ3v) is 1.87. The van der Waals surface area contributed by atoms with Crippen molar-refractivity contribution in [2.24, 2.45) is 0 Å². The van der Waals surface area contributed by atoms with Gasteiger partial charge in [0.2, 0.25) is 0 Å². The predicted molar refractivity (Wildman–Crippen MR) is 47.6 cm³/mol. The lowest BCUT2D eigenvalue weighted by atomic mass is 10.1. The van der Waals surface area contributed by atoms with Crippen LogP contribution in [-0.2, 0) is 6.42 Å². The second kappa shape index (κ2) is 4.44. The van der Waals surface area contributed by atoms with E-state index < -0.39 is 12.0 Å². The van der Waals surface area contributed by atoms with Crippen LogP contribution in [0.1, 0.15) is 15.9 Å². The highest BCUT2D eigenvalue weighted by molar-refractivity contribution is 6.00. The molecule has 0 saturated carbocycles. The SMILES string of the molecule is O=C(c1ccc(CCO)cc1)C(F)(F)F. The summed E-state index contributed by atoms with van der Waals surface area (Å²) < 4.78 is 36.0. The van der Waals surface area contributed by atoms with Crippen molar-refractivity contribution in [1.29, 1.82) is 0 Å². The minimum Gasteiger partial charge on any atom is -0.396 e. The fraction of sp³-hybridized carbons (Fsp3) is 0.300. The first-order valence-electron chi connectivity index (χ1n) is 4.26. The Balaban J connectivity index is 2.85. The number of Topliss-reactive ketones (excluding diaryl/α,β-unsaturated/α-hetero) is 1. The molecule has 0 aliphatic rings. The molecule has 0 aromatic heterocycles. The molecule has 0 heterocycles. The zero-order chi connectivity index (χ0) is 11.5. The average Bonchev–Trinajstić information content (AvgIpc) is 2.17. The molecule has 0 amide bonds. The number of aliphatic hydroxyl groups excluding tert-OH is 1. The molecule has 82 valence electrons. The van der Waals surface area contributed by atoms with E-state index in [0.29, 0.717) is 12.0 Å². The number of rotatable bonds is 3. The molecule has 0 aliphatic carbocycles. The number of carbonyl (C=O) groups is 1. The standard InChI is InChI=1S/C10H9F3O2/c11-10(12,13)9(15)8-3-1-7(2-4-8)5-6-14/h1-4,14H,5-6H2. The maximum atomic E-state index is 12.0. The number of aliphatic hydroxyl groups is 1. The van der Waals surface area contributed by atoms with Crippen molar-refractivity contribution in [3.05, 3.63) is 35.4 Å². The Morgan fingerprint density at radius 3 is 2.13 bits per heavy atom.